The Bertz CT molecular complexity index is 1320. The van der Waals surface area contributed by atoms with Crippen molar-refractivity contribution in [2.75, 3.05) is 26.7 Å². The predicted molar refractivity (Wildman–Crippen MR) is 164 cm³/mol. The predicted octanol–water partition coefficient (Wildman–Crippen LogP) is 5.74. The fourth-order valence-electron chi connectivity index (χ4n) is 4.77. The molecule has 42 heavy (non-hydrogen) atoms. The van der Waals surface area contributed by atoms with Crippen molar-refractivity contribution in [3.05, 3.63) is 41.7 Å². The number of para-hydroxylation sites is 1. The number of benzene rings is 1. The lowest BCUT2D eigenvalue weighted by atomic mass is 9.93. The Morgan fingerprint density at radius 2 is 2.02 bits per heavy atom. The van der Waals surface area contributed by atoms with Gasteiger partial charge in [-0.2, -0.15) is 5.10 Å². The number of aldehydes is 1. The molecule has 228 valence electrons. The molecule has 0 saturated heterocycles. The highest BCUT2D eigenvalue weighted by Crippen LogP contribution is 2.41. The molecule has 1 amide bonds. The maximum Gasteiger partial charge on any atom is 0.410 e. The number of hydrogen-bond donors (Lipinski definition) is 1. The van der Waals surface area contributed by atoms with E-state index in [1.807, 2.05) is 59.9 Å². The Labute approximate surface area is 250 Å². The SMILES string of the molecule is C=C(NC)C(CCC=O)c1nn(C2CC2)c2c(C#CCC(=O)OCCCN(CC(C)C)C(=O)OC(C)(C)C)cccc12. The van der Waals surface area contributed by atoms with E-state index in [1.54, 1.807) is 4.90 Å². The van der Waals surface area contributed by atoms with Gasteiger partial charge >= 0.3 is 12.1 Å². The molecule has 0 aliphatic heterocycles. The average molecular weight is 579 g/mol. The summed E-state index contributed by atoms with van der Waals surface area (Å²) in [5.74, 6) is 5.93. The van der Waals surface area contributed by atoms with Crippen molar-refractivity contribution in [1.29, 1.82) is 0 Å². The van der Waals surface area contributed by atoms with Crippen LogP contribution in [-0.2, 0) is 19.1 Å². The van der Waals surface area contributed by atoms with Gasteiger partial charge in [0.1, 0.15) is 18.3 Å². The maximum absolute atomic E-state index is 12.5. The number of nitrogens with one attached hydrogen (secondary N) is 1. The smallest absolute Gasteiger partial charge is 0.410 e. The van der Waals surface area contributed by atoms with Crippen LogP contribution in [0.1, 0.15) is 96.4 Å². The summed E-state index contributed by atoms with van der Waals surface area (Å²) in [6.07, 6.45) is 4.18. The number of carbonyl (C=O) groups is 3. The number of esters is 1. The van der Waals surface area contributed by atoms with Gasteiger partial charge in [0, 0.05) is 43.6 Å². The molecular weight excluding hydrogens is 532 g/mol. The number of amides is 1. The van der Waals surface area contributed by atoms with E-state index in [4.69, 9.17) is 14.6 Å². The van der Waals surface area contributed by atoms with Crippen LogP contribution in [-0.4, -0.2) is 65.4 Å². The second kappa shape index (κ2) is 14.9. The molecule has 1 atom stereocenters. The molecule has 9 heteroatoms. The summed E-state index contributed by atoms with van der Waals surface area (Å²) in [6, 6.07) is 6.24. The van der Waals surface area contributed by atoms with E-state index in [1.165, 1.54) is 0 Å². The van der Waals surface area contributed by atoms with Crippen molar-refractivity contribution < 1.29 is 23.9 Å². The van der Waals surface area contributed by atoms with Gasteiger partial charge in [0.15, 0.2) is 0 Å². The van der Waals surface area contributed by atoms with Gasteiger partial charge in [-0.3, -0.25) is 9.48 Å². The van der Waals surface area contributed by atoms with Gasteiger partial charge in [0.25, 0.3) is 0 Å². The standard InChI is InChI=1S/C33H46N4O5/c1-23(2)22-36(32(40)42-33(4,5)6)19-11-21-41-29(39)16-9-13-25-12-8-14-28-30(27(15-10-20-38)24(3)34-7)35-37(31(25)28)26-17-18-26/h8,12,14,20,23,26-27,34H,3,10-11,15-19,21-22H2,1-2,4-7H3. The van der Waals surface area contributed by atoms with Crippen molar-refractivity contribution in [3.8, 4) is 11.8 Å². The first-order chi connectivity index (χ1) is 19.9. The highest BCUT2D eigenvalue weighted by Gasteiger charge is 2.31. The Morgan fingerprint density at radius 3 is 2.64 bits per heavy atom. The van der Waals surface area contributed by atoms with E-state index < -0.39 is 11.6 Å². The Kier molecular flexibility index (Phi) is 11.6. The third-order valence-electron chi connectivity index (χ3n) is 6.82. The molecule has 9 nitrogen and oxygen atoms in total. The monoisotopic (exact) mass is 578 g/mol. The Balaban J connectivity index is 1.66. The Hall–Kier alpha value is -3.80. The molecule has 1 N–H and O–H groups in total. The van der Waals surface area contributed by atoms with Gasteiger partial charge in [-0.1, -0.05) is 44.4 Å². The van der Waals surface area contributed by atoms with Gasteiger partial charge in [0.2, 0.25) is 0 Å². The normalized spacial score (nSPS) is 13.7. The minimum atomic E-state index is -0.570. The van der Waals surface area contributed by atoms with Crippen LogP contribution in [0.3, 0.4) is 0 Å². The van der Waals surface area contributed by atoms with Crippen molar-refractivity contribution >= 4 is 29.3 Å². The third-order valence-corrected chi connectivity index (χ3v) is 6.82. The first kappa shape index (κ1) is 32.7. The first-order valence-corrected chi connectivity index (χ1v) is 14.9. The van der Waals surface area contributed by atoms with Gasteiger partial charge in [-0.25, -0.2) is 4.79 Å². The number of aromatic nitrogens is 2. The summed E-state index contributed by atoms with van der Waals surface area (Å²) in [4.78, 5) is 37.8. The molecule has 1 aromatic heterocycles. The molecule has 1 fully saturated rings. The highest BCUT2D eigenvalue weighted by atomic mass is 16.6. The zero-order chi connectivity index (χ0) is 30.9. The van der Waals surface area contributed by atoms with Crippen LogP contribution in [0.15, 0.2) is 30.5 Å². The van der Waals surface area contributed by atoms with Crippen LogP contribution in [0.25, 0.3) is 10.9 Å². The number of ether oxygens (including phenoxy) is 2. The van der Waals surface area contributed by atoms with E-state index in [0.717, 1.165) is 47.0 Å². The molecule has 3 rings (SSSR count). The minimum absolute atomic E-state index is 0.0406. The van der Waals surface area contributed by atoms with Crippen molar-refractivity contribution in [2.24, 2.45) is 5.92 Å². The Morgan fingerprint density at radius 1 is 1.29 bits per heavy atom. The summed E-state index contributed by atoms with van der Waals surface area (Å²) in [5, 5.41) is 9.12. The van der Waals surface area contributed by atoms with Gasteiger partial charge < -0.3 is 24.5 Å². The molecule has 1 unspecified atom stereocenters. The second-order valence-electron chi connectivity index (χ2n) is 12.2. The number of likely N-dealkylation sites (N-methyl/N-ethyl adjacent to an activating group) is 1. The molecule has 1 aliphatic rings. The zero-order valence-corrected chi connectivity index (χ0v) is 26.0. The average Bonchev–Trinajstić information content (AvgIpc) is 3.70. The number of nitrogens with zero attached hydrogens (tertiary/aromatic N) is 3. The topological polar surface area (TPSA) is 103 Å². The molecule has 2 aromatic rings. The molecule has 0 spiro atoms. The van der Waals surface area contributed by atoms with Crippen molar-refractivity contribution in [1.82, 2.24) is 20.0 Å². The summed E-state index contributed by atoms with van der Waals surface area (Å²) < 4.78 is 13.0. The summed E-state index contributed by atoms with van der Waals surface area (Å²) >= 11 is 0. The third kappa shape index (κ3) is 9.37. The zero-order valence-electron chi connectivity index (χ0n) is 26.0. The fraction of sp³-hybridized carbons (Fsp3) is 0.576. The van der Waals surface area contributed by atoms with Crippen LogP contribution in [0.5, 0.6) is 0 Å². The van der Waals surface area contributed by atoms with E-state index in [-0.39, 0.29) is 31.0 Å². The maximum atomic E-state index is 12.5. The summed E-state index contributed by atoms with van der Waals surface area (Å²) in [5.41, 5.74) is 2.88. The molecule has 1 aromatic carbocycles. The molecule has 1 heterocycles. The fourth-order valence-corrected chi connectivity index (χ4v) is 4.77. The molecule has 0 radical (unpaired) electrons. The van der Waals surface area contributed by atoms with Crippen molar-refractivity contribution in [3.63, 3.8) is 0 Å². The lowest BCUT2D eigenvalue weighted by Gasteiger charge is -2.28. The minimum Gasteiger partial charge on any atom is -0.465 e. The molecule has 0 bridgehead atoms. The van der Waals surface area contributed by atoms with Crippen LogP contribution >= 0.6 is 0 Å². The quantitative estimate of drug-likeness (QED) is 0.132. The molecular formula is C33H46N4O5. The summed E-state index contributed by atoms with van der Waals surface area (Å²) in [7, 11) is 1.83. The number of allylic oxidation sites excluding steroid dienone is 1. The lowest BCUT2D eigenvalue weighted by Crippen LogP contribution is -2.39. The van der Waals surface area contributed by atoms with Crippen LogP contribution in [0, 0.1) is 17.8 Å². The summed E-state index contributed by atoms with van der Waals surface area (Å²) in [6.45, 7) is 15.0. The highest BCUT2D eigenvalue weighted by molar-refractivity contribution is 5.88. The van der Waals surface area contributed by atoms with E-state index in [2.05, 4.69) is 28.4 Å². The lowest BCUT2D eigenvalue weighted by molar-refractivity contribution is -0.142. The number of fused-ring (bicyclic) bond motifs is 1. The van der Waals surface area contributed by atoms with Crippen LogP contribution < -0.4 is 5.32 Å². The van der Waals surface area contributed by atoms with Gasteiger partial charge in [-0.15, -0.1) is 0 Å². The van der Waals surface area contributed by atoms with E-state index >= 15 is 0 Å². The van der Waals surface area contributed by atoms with Gasteiger partial charge in [0.05, 0.1) is 29.4 Å². The van der Waals surface area contributed by atoms with Gasteiger partial charge in [-0.05, 0) is 58.4 Å². The number of hydrogen-bond acceptors (Lipinski definition) is 7. The largest absolute Gasteiger partial charge is 0.465 e. The first-order valence-electron chi connectivity index (χ1n) is 14.9. The van der Waals surface area contributed by atoms with E-state index in [0.29, 0.717) is 38.4 Å². The van der Waals surface area contributed by atoms with Crippen LogP contribution in [0.4, 0.5) is 4.79 Å². The molecule has 1 saturated carbocycles. The molecule has 1 aliphatic carbocycles. The van der Waals surface area contributed by atoms with Crippen molar-refractivity contribution in [2.45, 2.75) is 90.7 Å². The van der Waals surface area contributed by atoms with Crippen LogP contribution in [0.2, 0.25) is 0 Å². The second-order valence-corrected chi connectivity index (χ2v) is 12.2. The van der Waals surface area contributed by atoms with E-state index in [9.17, 15) is 14.4 Å². The number of rotatable bonds is 14. The number of carbonyl (C=O) groups excluding carboxylic acids is 3.